The van der Waals surface area contributed by atoms with Crippen molar-refractivity contribution in [2.24, 2.45) is 0 Å². The molecule has 0 aromatic heterocycles. The van der Waals surface area contributed by atoms with Crippen LogP contribution in [0.1, 0.15) is 0 Å². The van der Waals surface area contributed by atoms with Gasteiger partial charge in [-0.2, -0.15) is 0 Å². The molecular weight excluding hydrogens is 231 g/mol. The molecule has 0 saturated heterocycles. The summed E-state index contributed by atoms with van der Waals surface area (Å²) in [5, 5.41) is 0. The van der Waals surface area contributed by atoms with Gasteiger partial charge in [0, 0.05) is 56.4 Å². The van der Waals surface area contributed by atoms with Gasteiger partial charge in [-0.15, -0.1) is 18.7 Å². The molecule has 80 valence electrons. The van der Waals surface area contributed by atoms with Crippen LogP contribution in [-0.4, -0.2) is 75.1 Å². The molecule has 0 atom stereocenters. The van der Waals surface area contributed by atoms with Crippen molar-refractivity contribution in [1.82, 2.24) is 18.7 Å². The average molecular weight is 255 g/mol. The van der Waals surface area contributed by atoms with Crippen LogP contribution in [0.15, 0.2) is 0 Å². The number of rotatable bonds is 4. The standard InChI is InChI=1S/C8H24N4P.Ti/c1-9(2)13(10(3)4,11(5)6)12(7)8;/h1-8H3;/q+1;+4. The summed E-state index contributed by atoms with van der Waals surface area (Å²) in [6, 6.07) is 0. The van der Waals surface area contributed by atoms with E-state index in [0.717, 1.165) is 0 Å². The van der Waals surface area contributed by atoms with Crippen LogP contribution in [-0.2, 0) is 21.7 Å². The van der Waals surface area contributed by atoms with Crippen LogP contribution in [0.3, 0.4) is 0 Å². The van der Waals surface area contributed by atoms with Crippen molar-refractivity contribution in [2.45, 2.75) is 0 Å². The summed E-state index contributed by atoms with van der Waals surface area (Å²) in [7, 11) is 15.6. The summed E-state index contributed by atoms with van der Waals surface area (Å²) >= 11 is 0. The molecule has 0 aliphatic heterocycles. The van der Waals surface area contributed by atoms with Crippen LogP contribution >= 0.6 is 7.87 Å². The minimum Gasteiger partial charge on any atom is -0.139 e. The second kappa shape index (κ2) is 6.54. The molecular formula is C8H24N4PTi+5. The first kappa shape index (κ1) is 17.4. The Kier molecular flexibility index (Phi) is 8.12. The molecule has 0 spiro atoms. The monoisotopic (exact) mass is 255 g/mol. The van der Waals surface area contributed by atoms with E-state index in [9.17, 15) is 0 Å². The van der Waals surface area contributed by atoms with E-state index in [1.165, 1.54) is 0 Å². The Balaban J connectivity index is 0. The van der Waals surface area contributed by atoms with E-state index in [2.05, 4.69) is 75.1 Å². The molecule has 0 heterocycles. The van der Waals surface area contributed by atoms with Gasteiger partial charge >= 0.3 is 29.6 Å². The maximum Gasteiger partial charge on any atom is 4.00 e. The fraction of sp³-hybridized carbons (Fsp3) is 1.00. The number of hydrogen-bond acceptors (Lipinski definition) is 4. The molecule has 0 aliphatic carbocycles. The fourth-order valence-electron chi connectivity index (χ4n) is 2.15. The SMILES string of the molecule is CN(C)[P+](N(C)C)(N(C)C)N(C)C.[Ti+4]. The van der Waals surface area contributed by atoms with E-state index in [1.807, 2.05) is 0 Å². The summed E-state index contributed by atoms with van der Waals surface area (Å²) < 4.78 is 9.19. The zero-order valence-corrected chi connectivity index (χ0v) is 13.2. The van der Waals surface area contributed by atoms with Crippen molar-refractivity contribution in [3.05, 3.63) is 0 Å². The molecule has 0 saturated carbocycles. The first-order valence-electron chi connectivity index (χ1n) is 4.38. The zero-order chi connectivity index (χ0) is 10.8. The Hall–Kier alpha value is 0.984. The minimum atomic E-state index is -1.45. The molecule has 4 nitrogen and oxygen atoms in total. The zero-order valence-electron chi connectivity index (χ0n) is 10.7. The van der Waals surface area contributed by atoms with E-state index >= 15 is 0 Å². The van der Waals surface area contributed by atoms with E-state index in [4.69, 9.17) is 0 Å². The molecule has 0 aromatic carbocycles. The van der Waals surface area contributed by atoms with Crippen LogP contribution in [0.2, 0.25) is 0 Å². The second-order valence-electron chi connectivity index (χ2n) is 3.93. The first-order valence-corrected chi connectivity index (χ1v) is 5.98. The molecule has 0 amide bonds. The van der Waals surface area contributed by atoms with Gasteiger partial charge in [0.05, 0.1) is 0 Å². The summed E-state index contributed by atoms with van der Waals surface area (Å²) in [6.07, 6.45) is 0. The maximum absolute atomic E-state index is 2.30. The third-order valence-corrected chi connectivity index (χ3v) is 6.44. The van der Waals surface area contributed by atoms with Crippen LogP contribution in [0.4, 0.5) is 0 Å². The van der Waals surface area contributed by atoms with Crippen molar-refractivity contribution in [2.75, 3.05) is 56.4 Å². The van der Waals surface area contributed by atoms with Gasteiger partial charge in [0.25, 0.3) is 0 Å². The normalized spacial score (nSPS) is 12.9. The molecule has 14 heavy (non-hydrogen) atoms. The summed E-state index contributed by atoms with van der Waals surface area (Å²) in [4.78, 5) is 0. The van der Waals surface area contributed by atoms with Gasteiger partial charge in [0.15, 0.2) is 0 Å². The third-order valence-electron chi connectivity index (χ3n) is 2.15. The van der Waals surface area contributed by atoms with Crippen LogP contribution in [0.5, 0.6) is 0 Å². The summed E-state index contributed by atoms with van der Waals surface area (Å²) in [5.74, 6) is 0. The van der Waals surface area contributed by atoms with E-state index in [-0.39, 0.29) is 21.7 Å². The van der Waals surface area contributed by atoms with Crippen molar-refractivity contribution in [3.8, 4) is 0 Å². The fourth-order valence-corrected chi connectivity index (χ4v) is 6.44. The topological polar surface area (TPSA) is 13.0 Å². The number of hydrogen-bond donors (Lipinski definition) is 0. The van der Waals surface area contributed by atoms with Gasteiger partial charge in [0.1, 0.15) is 0 Å². The van der Waals surface area contributed by atoms with Crippen molar-refractivity contribution in [3.63, 3.8) is 0 Å². The summed E-state index contributed by atoms with van der Waals surface area (Å²) in [5.41, 5.74) is 0. The second-order valence-corrected chi connectivity index (χ2v) is 8.20. The quantitative estimate of drug-likeness (QED) is 0.546. The largest absolute Gasteiger partial charge is 4.00 e. The molecule has 0 radical (unpaired) electrons. The molecule has 0 rings (SSSR count). The Morgan fingerprint density at radius 3 is 0.643 bits per heavy atom. The first-order chi connectivity index (χ1) is 5.77. The van der Waals surface area contributed by atoms with Crippen molar-refractivity contribution in [1.29, 1.82) is 0 Å². The van der Waals surface area contributed by atoms with Crippen molar-refractivity contribution < 1.29 is 21.7 Å². The van der Waals surface area contributed by atoms with Gasteiger partial charge in [0.2, 0.25) is 0 Å². The molecule has 0 fully saturated rings. The predicted molar refractivity (Wildman–Crippen MR) is 61.7 cm³/mol. The molecule has 6 heteroatoms. The van der Waals surface area contributed by atoms with Gasteiger partial charge < -0.3 is 0 Å². The smallest absolute Gasteiger partial charge is 0.139 e. The van der Waals surface area contributed by atoms with Crippen LogP contribution in [0, 0.1) is 0 Å². The maximum atomic E-state index is 2.30. The van der Waals surface area contributed by atoms with Gasteiger partial charge in [-0.05, 0) is 0 Å². The Labute approximate surface area is 105 Å². The Morgan fingerprint density at radius 1 is 0.500 bits per heavy atom. The third kappa shape index (κ3) is 2.99. The minimum absolute atomic E-state index is 0. The average Bonchev–Trinajstić information content (AvgIpc) is 1.82. The number of nitrogens with zero attached hydrogens (tertiary/aromatic N) is 4. The van der Waals surface area contributed by atoms with Gasteiger partial charge in [-0.1, -0.05) is 0 Å². The Morgan fingerprint density at radius 2 is 0.643 bits per heavy atom. The Bertz CT molecular complexity index is 124. The molecule has 0 aliphatic rings. The van der Waals surface area contributed by atoms with E-state index in [0.29, 0.717) is 0 Å². The summed E-state index contributed by atoms with van der Waals surface area (Å²) in [6.45, 7) is 0. The van der Waals surface area contributed by atoms with E-state index < -0.39 is 7.87 Å². The molecule has 0 aromatic rings. The van der Waals surface area contributed by atoms with Crippen LogP contribution in [0.25, 0.3) is 0 Å². The molecule has 0 unspecified atom stereocenters. The van der Waals surface area contributed by atoms with Crippen LogP contribution < -0.4 is 0 Å². The van der Waals surface area contributed by atoms with Gasteiger partial charge in [-0.3, -0.25) is 0 Å². The van der Waals surface area contributed by atoms with E-state index in [1.54, 1.807) is 0 Å². The predicted octanol–water partition coefficient (Wildman–Crippen LogP) is 0.908. The molecule has 0 bridgehead atoms. The van der Waals surface area contributed by atoms with Crippen molar-refractivity contribution >= 4 is 7.87 Å². The molecule has 0 N–H and O–H groups in total. The van der Waals surface area contributed by atoms with Gasteiger partial charge in [-0.25, -0.2) is 0 Å².